The quantitative estimate of drug-likeness (QED) is 0.506. The van der Waals surface area contributed by atoms with Crippen molar-refractivity contribution in [1.29, 1.82) is 0 Å². The molecule has 3 aromatic rings. The highest BCUT2D eigenvalue weighted by Crippen LogP contribution is 2.32. The highest BCUT2D eigenvalue weighted by molar-refractivity contribution is 5.64. The molecule has 0 spiro atoms. The second-order valence-corrected chi connectivity index (χ2v) is 7.61. The number of rotatable bonds is 4. The van der Waals surface area contributed by atoms with E-state index in [0.29, 0.717) is 11.5 Å². The summed E-state index contributed by atoms with van der Waals surface area (Å²) >= 11 is 0. The zero-order valence-electron chi connectivity index (χ0n) is 19.7. The summed E-state index contributed by atoms with van der Waals surface area (Å²) in [5.41, 5.74) is 5.70. The third-order valence-electron chi connectivity index (χ3n) is 5.06. The summed E-state index contributed by atoms with van der Waals surface area (Å²) in [6.45, 7) is 10.6. The minimum absolute atomic E-state index is 0.242. The van der Waals surface area contributed by atoms with Crippen LogP contribution in [-0.4, -0.2) is 4.57 Å². The molecule has 0 radical (unpaired) electrons. The average molecular weight is 351 g/mol. The van der Waals surface area contributed by atoms with Crippen LogP contribution in [0.5, 0.6) is 0 Å². The fourth-order valence-electron chi connectivity index (χ4n) is 3.86. The van der Waals surface area contributed by atoms with Crippen molar-refractivity contribution in [2.75, 3.05) is 0 Å². The van der Waals surface area contributed by atoms with Crippen molar-refractivity contribution in [2.24, 2.45) is 0 Å². The molecule has 0 aliphatic heterocycles. The molecule has 0 amide bonds. The van der Waals surface area contributed by atoms with Gasteiger partial charge in [0, 0.05) is 16.6 Å². The molecule has 0 fully saturated rings. The summed E-state index contributed by atoms with van der Waals surface area (Å²) in [5, 5.41) is 0. The molecule has 1 heterocycles. The van der Waals surface area contributed by atoms with Crippen LogP contribution in [0.2, 0.25) is 0 Å². The summed E-state index contributed by atoms with van der Waals surface area (Å²) in [6, 6.07) is 14.3. The standard InChI is InChI=1S/C24H31N2/c1-16(2)21-13-8-9-14-22(21)23-15-25(20(7)26(23)17(3)4)24-18(5)11-10-12-19(24)6/h8-17H,1-7H3/q+1/i5D3. The molecule has 2 aromatic carbocycles. The van der Waals surface area contributed by atoms with Gasteiger partial charge >= 0.3 is 0 Å². The van der Waals surface area contributed by atoms with Crippen molar-refractivity contribution in [3.05, 3.63) is 71.2 Å². The largest absolute Gasteiger partial charge is 0.259 e. The Morgan fingerprint density at radius 1 is 0.923 bits per heavy atom. The zero-order chi connectivity index (χ0) is 21.5. The SMILES string of the molecule is [2H]C([2H])([2H])c1cccc(C)c1-[n+]1cc(-c2ccccc2C(C)C)n(C(C)C)c1C. The average Bonchev–Trinajstić information content (AvgIpc) is 2.97. The summed E-state index contributed by atoms with van der Waals surface area (Å²) in [7, 11) is 0. The Balaban J connectivity index is 2.37. The number of hydrogen-bond acceptors (Lipinski definition) is 0. The van der Waals surface area contributed by atoms with E-state index in [-0.39, 0.29) is 6.04 Å². The van der Waals surface area contributed by atoms with Crippen molar-refractivity contribution in [1.82, 2.24) is 4.57 Å². The van der Waals surface area contributed by atoms with Gasteiger partial charge in [-0.2, -0.15) is 4.57 Å². The number of hydrogen-bond donors (Lipinski definition) is 0. The van der Waals surface area contributed by atoms with Crippen molar-refractivity contribution >= 4 is 0 Å². The topological polar surface area (TPSA) is 8.81 Å². The maximum Gasteiger partial charge on any atom is 0.259 e. The third-order valence-corrected chi connectivity index (χ3v) is 5.06. The van der Waals surface area contributed by atoms with Gasteiger partial charge in [0.15, 0.2) is 5.69 Å². The minimum atomic E-state index is -2.17. The Morgan fingerprint density at radius 3 is 2.27 bits per heavy atom. The van der Waals surface area contributed by atoms with E-state index in [9.17, 15) is 0 Å². The molecule has 2 nitrogen and oxygen atoms in total. The van der Waals surface area contributed by atoms with E-state index in [1.165, 1.54) is 11.1 Å². The van der Waals surface area contributed by atoms with E-state index >= 15 is 0 Å². The number of imidazole rings is 1. The molecule has 0 aliphatic carbocycles. The number of nitrogens with zero attached hydrogens (tertiary/aromatic N) is 2. The second-order valence-electron chi connectivity index (χ2n) is 7.61. The minimum Gasteiger partial charge on any atom is -0.225 e. The van der Waals surface area contributed by atoms with Crippen molar-refractivity contribution < 1.29 is 8.68 Å². The molecular weight excluding hydrogens is 316 g/mol. The number of para-hydroxylation sites is 1. The number of benzene rings is 2. The first-order chi connectivity index (χ1) is 13.5. The molecule has 0 atom stereocenters. The molecule has 0 unspecified atom stereocenters. The van der Waals surface area contributed by atoms with Crippen LogP contribution in [0, 0.1) is 20.7 Å². The molecule has 1 aromatic heterocycles. The number of aromatic nitrogens is 2. The highest BCUT2D eigenvalue weighted by Gasteiger charge is 2.27. The van der Waals surface area contributed by atoms with Gasteiger partial charge in [-0.15, -0.1) is 0 Å². The molecule has 0 saturated heterocycles. The summed E-state index contributed by atoms with van der Waals surface area (Å²) in [4.78, 5) is 0. The van der Waals surface area contributed by atoms with Gasteiger partial charge in [-0.1, -0.05) is 56.3 Å². The summed E-state index contributed by atoms with van der Waals surface area (Å²) < 4.78 is 28.5. The lowest BCUT2D eigenvalue weighted by atomic mass is 9.95. The smallest absolute Gasteiger partial charge is 0.225 e. The van der Waals surface area contributed by atoms with E-state index in [0.717, 1.165) is 22.8 Å². The lowest BCUT2D eigenvalue weighted by molar-refractivity contribution is -0.603. The van der Waals surface area contributed by atoms with Crippen LogP contribution in [0.1, 0.15) is 66.3 Å². The van der Waals surface area contributed by atoms with Crippen molar-refractivity contribution in [3.8, 4) is 16.9 Å². The van der Waals surface area contributed by atoms with Gasteiger partial charge in [-0.05, 0) is 50.2 Å². The fraction of sp³-hybridized carbons (Fsp3) is 0.375. The van der Waals surface area contributed by atoms with Crippen molar-refractivity contribution in [2.45, 2.75) is 60.4 Å². The number of aryl methyl sites for hydroxylation is 2. The first kappa shape index (κ1) is 14.8. The van der Waals surface area contributed by atoms with Gasteiger partial charge in [0.2, 0.25) is 0 Å². The van der Waals surface area contributed by atoms with Gasteiger partial charge in [0.05, 0.1) is 6.04 Å². The van der Waals surface area contributed by atoms with Crippen LogP contribution in [0.15, 0.2) is 48.7 Å². The zero-order valence-corrected chi connectivity index (χ0v) is 16.7. The monoisotopic (exact) mass is 350 g/mol. The predicted molar refractivity (Wildman–Crippen MR) is 110 cm³/mol. The Labute approximate surface area is 162 Å². The lowest BCUT2D eigenvalue weighted by Gasteiger charge is -2.13. The Bertz CT molecular complexity index is 1030. The summed E-state index contributed by atoms with van der Waals surface area (Å²) in [5.74, 6) is 1.42. The second kappa shape index (κ2) is 7.11. The molecular formula is C24H31N2+. The van der Waals surface area contributed by atoms with E-state index in [1.54, 1.807) is 6.07 Å². The van der Waals surface area contributed by atoms with Crippen LogP contribution in [0.3, 0.4) is 0 Å². The molecule has 0 aliphatic rings. The van der Waals surface area contributed by atoms with Crippen LogP contribution in [0.25, 0.3) is 16.9 Å². The molecule has 26 heavy (non-hydrogen) atoms. The Hall–Kier alpha value is -2.35. The van der Waals surface area contributed by atoms with Crippen molar-refractivity contribution in [3.63, 3.8) is 0 Å². The van der Waals surface area contributed by atoms with Gasteiger partial charge < -0.3 is 0 Å². The predicted octanol–water partition coefficient (Wildman–Crippen LogP) is 6.06. The first-order valence-electron chi connectivity index (χ1n) is 10.9. The van der Waals surface area contributed by atoms with E-state index in [4.69, 9.17) is 4.11 Å². The normalized spacial score (nSPS) is 13.8. The van der Waals surface area contributed by atoms with Crippen LogP contribution >= 0.6 is 0 Å². The van der Waals surface area contributed by atoms with E-state index in [2.05, 4.69) is 74.2 Å². The highest BCUT2D eigenvalue weighted by atomic mass is 15.2. The molecule has 0 bridgehead atoms. The van der Waals surface area contributed by atoms with E-state index < -0.39 is 6.85 Å². The van der Waals surface area contributed by atoms with Crippen LogP contribution in [0.4, 0.5) is 0 Å². The van der Waals surface area contributed by atoms with Gasteiger partial charge in [0.25, 0.3) is 5.82 Å². The molecule has 0 N–H and O–H groups in total. The van der Waals surface area contributed by atoms with Crippen LogP contribution < -0.4 is 4.57 Å². The molecule has 2 heteroatoms. The van der Waals surface area contributed by atoms with Gasteiger partial charge in [0.1, 0.15) is 11.9 Å². The van der Waals surface area contributed by atoms with Gasteiger partial charge in [-0.25, -0.2) is 4.57 Å². The van der Waals surface area contributed by atoms with Gasteiger partial charge in [-0.3, -0.25) is 0 Å². The Kier molecular flexibility index (Phi) is 4.04. The maximum atomic E-state index is 8.04. The van der Waals surface area contributed by atoms with E-state index in [1.807, 2.05) is 19.1 Å². The lowest BCUT2D eigenvalue weighted by Crippen LogP contribution is -2.34. The summed E-state index contributed by atoms with van der Waals surface area (Å²) in [6.07, 6.45) is 2.11. The molecule has 136 valence electrons. The molecule has 0 saturated carbocycles. The first-order valence-corrected chi connectivity index (χ1v) is 9.37. The third kappa shape index (κ3) is 3.09. The Morgan fingerprint density at radius 2 is 1.62 bits per heavy atom. The maximum absolute atomic E-state index is 8.04. The fourth-order valence-corrected chi connectivity index (χ4v) is 3.86. The van der Waals surface area contributed by atoms with Crippen LogP contribution in [-0.2, 0) is 0 Å². The molecule has 3 rings (SSSR count).